The maximum Gasteiger partial charge on any atom is 0.222 e. The SMILES string of the molecule is Cc1cc(C)n(CCC(=O)N[C@@H]2CCCc3c2cnn3C)n1. The first-order chi connectivity index (χ1) is 10.5. The summed E-state index contributed by atoms with van der Waals surface area (Å²) in [5, 5.41) is 11.9. The summed E-state index contributed by atoms with van der Waals surface area (Å²) in [7, 11) is 1.96. The maximum atomic E-state index is 12.2. The van der Waals surface area contributed by atoms with Gasteiger partial charge in [-0.15, -0.1) is 0 Å². The van der Waals surface area contributed by atoms with Crippen LogP contribution in [0.15, 0.2) is 12.3 Å². The number of hydrogen-bond acceptors (Lipinski definition) is 3. The summed E-state index contributed by atoms with van der Waals surface area (Å²) < 4.78 is 3.81. The van der Waals surface area contributed by atoms with Gasteiger partial charge in [-0.2, -0.15) is 10.2 Å². The number of carbonyl (C=O) groups excluding carboxylic acids is 1. The third kappa shape index (κ3) is 2.91. The predicted molar refractivity (Wildman–Crippen MR) is 83.3 cm³/mol. The average molecular weight is 301 g/mol. The zero-order valence-corrected chi connectivity index (χ0v) is 13.5. The number of rotatable bonds is 4. The van der Waals surface area contributed by atoms with Gasteiger partial charge in [-0.1, -0.05) is 0 Å². The number of nitrogens with zero attached hydrogens (tertiary/aromatic N) is 4. The molecule has 0 bridgehead atoms. The second kappa shape index (κ2) is 5.94. The van der Waals surface area contributed by atoms with Crippen LogP contribution in [-0.4, -0.2) is 25.5 Å². The highest BCUT2D eigenvalue weighted by Gasteiger charge is 2.24. The molecule has 0 spiro atoms. The van der Waals surface area contributed by atoms with E-state index < -0.39 is 0 Å². The molecule has 118 valence electrons. The molecule has 0 fully saturated rings. The Morgan fingerprint density at radius 3 is 3.00 bits per heavy atom. The second-order valence-electron chi connectivity index (χ2n) is 6.08. The van der Waals surface area contributed by atoms with Gasteiger partial charge in [0.05, 0.1) is 17.9 Å². The van der Waals surface area contributed by atoms with Gasteiger partial charge in [0.2, 0.25) is 5.91 Å². The topological polar surface area (TPSA) is 64.7 Å². The second-order valence-corrected chi connectivity index (χ2v) is 6.08. The summed E-state index contributed by atoms with van der Waals surface area (Å²) >= 11 is 0. The number of nitrogens with one attached hydrogen (secondary N) is 1. The van der Waals surface area contributed by atoms with E-state index in [1.807, 2.05) is 42.5 Å². The minimum Gasteiger partial charge on any atom is -0.349 e. The van der Waals surface area contributed by atoms with Crippen molar-refractivity contribution < 1.29 is 4.79 Å². The molecule has 0 radical (unpaired) electrons. The molecule has 2 heterocycles. The Morgan fingerprint density at radius 1 is 1.45 bits per heavy atom. The summed E-state index contributed by atoms with van der Waals surface area (Å²) in [6, 6.07) is 2.13. The van der Waals surface area contributed by atoms with E-state index in [2.05, 4.69) is 15.5 Å². The fraction of sp³-hybridized carbons (Fsp3) is 0.562. The summed E-state index contributed by atoms with van der Waals surface area (Å²) in [6.45, 7) is 4.61. The van der Waals surface area contributed by atoms with Crippen LogP contribution in [-0.2, 0) is 24.8 Å². The number of aromatic nitrogens is 4. The molecular formula is C16H23N5O. The number of hydrogen-bond donors (Lipinski definition) is 1. The van der Waals surface area contributed by atoms with Crippen molar-refractivity contribution in [1.29, 1.82) is 0 Å². The number of aryl methyl sites for hydroxylation is 4. The molecule has 1 aliphatic rings. The lowest BCUT2D eigenvalue weighted by Gasteiger charge is -2.23. The quantitative estimate of drug-likeness (QED) is 0.937. The van der Waals surface area contributed by atoms with Crippen LogP contribution in [0.4, 0.5) is 0 Å². The first-order valence-corrected chi connectivity index (χ1v) is 7.86. The van der Waals surface area contributed by atoms with Crippen LogP contribution < -0.4 is 5.32 Å². The molecule has 1 N–H and O–H groups in total. The molecule has 0 saturated heterocycles. The molecule has 1 aliphatic carbocycles. The van der Waals surface area contributed by atoms with Crippen molar-refractivity contribution in [2.24, 2.45) is 7.05 Å². The number of amides is 1. The minimum absolute atomic E-state index is 0.0780. The van der Waals surface area contributed by atoms with Crippen LogP contribution in [0.1, 0.15) is 47.9 Å². The Labute approximate surface area is 130 Å². The molecule has 3 rings (SSSR count). The highest BCUT2D eigenvalue weighted by Crippen LogP contribution is 2.29. The van der Waals surface area contributed by atoms with Gasteiger partial charge >= 0.3 is 0 Å². The van der Waals surface area contributed by atoms with Crippen molar-refractivity contribution >= 4 is 5.91 Å². The largest absolute Gasteiger partial charge is 0.349 e. The number of fused-ring (bicyclic) bond motifs is 1. The molecule has 0 aliphatic heterocycles. The van der Waals surface area contributed by atoms with Gasteiger partial charge < -0.3 is 5.32 Å². The first kappa shape index (κ1) is 14.8. The highest BCUT2D eigenvalue weighted by molar-refractivity contribution is 5.76. The Kier molecular flexibility index (Phi) is 4.00. The van der Waals surface area contributed by atoms with Crippen molar-refractivity contribution in [3.05, 3.63) is 34.9 Å². The van der Waals surface area contributed by atoms with Crippen LogP contribution in [0.25, 0.3) is 0 Å². The van der Waals surface area contributed by atoms with Gasteiger partial charge in [0, 0.05) is 37.0 Å². The van der Waals surface area contributed by atoms with E-state index in [1.54, 1.807) is 0 Å². The van der Waals surface area contributed by atoms with E-state index in [-0.39, 0.29) is 11.9 Å². The third-order valence-corrected chi connectivity index (χ3v) is 4.36. The highest BCUT2D eigenvalue weighted by atomic mass is 16.1. The Bertz CT molecular complexity index is 685. The molecule has 1 amide bonds. The monoisotopic (exact) mass is 301 g/mol. The van der Waals surface area contributed by atoms with E-state index in [4.69, 9.17) is 0 Å². The van der Waals surface area contributed by atoms with Crippen LogP contribution in [0.2, 0.25) is 0 Å². The predicted octanol–water partition coefficient (Wildman–Crippen LogP) is 1.82. The Morgan fingerprint density at radius 2 is 2.27 bits per heavy atom. The molecule has 1 atom stereocenters. The van der Waals surface area contributed by atoms with Crippen LogP contribution >= 0.6 is 0 Å². The van der Waals surface area contributed by atoms with Crippen molar-refractivity contribution in [2.75, 3.05) is 0 Å². The molecule has 6 nitrogen and oxygen atoms in total. The fourth-order valence-corrected chi connectivity index (χ4v) is 3.23. The smallest absolute Gasteiger partial charge is 0.222 e. The average Bonchev–Trinajstić information content (AvgIpc) is 3.01. The summed E-state index contributed by atoms with van der Waals surface area (Å²) in [5.74, 6) is 0.0780. The Balaban J connectivity index is 1.60. The van der Waals surface area contributed by atoms with Gasteiger partial charge in [0.15, 0.2) is 0 Å². The molecule has 0 aromatic carbocycles. The first-order valence-electron chi connectivity index (χ1n) is 7.86. The number of carbonyl (C=O) groups is 1. The van der Waals surface area contributed by atoms with E-state index in [0.29, 0.717) is 13.0 Å². The van der Waals surface area contributed by atoms with Gasteiger partial charge in [-0.05, 0) is 39.2 Å². The van der Waals surface area contributed by atoms with E-state index in [0.717, 1.165) is 30.7 Å². The third-order valence-electron chi connectivity index (χ3n) is 4.36. The van der Waals surface area contributed by atoms with Crippen LogP contribution in [0.5, 0.6) is 0 Å². The van der Waals surface area contributed by atoms with E-state index >= 15 is 0 Å². The molecule has 2 aromatic heterocycles. The molecule has 6 heteroatoms. The van der Waals surface area contributed by atoms with Gasteiger partial charge in [-0.3, -0.25) is 14.2 Å². The van der Waals surface area contributed by atoms with Crippen LogP contribution in [0.3, 0.4) is 0 Å². The molecular weight excluding hydrogens is 278 g/mol. The van der Waals surface area contributed by atoms with Crippen LogP contribution in [0, 0.1) is 13.8 Å². The zero-order chi connectivity index (χ0) is 15.7. The van der Waals surface area contributed by atoms with E-state index in [9.17, 15) is 4.79 Å². The summed E-state index contributed by atoms with van der Waals surface area (Å²) in [4.78, 5) is 12.2. The molecule has 0 unspecified atom stereocenters. The van der Waals surface area contributed by atoms with Crippen molar-refractivity contribution in [2.45, 2.75) is 52.1 Å². The lowest BCUT2D eigenvalue weighted by atomic mass is 9.93. The van der Waals surface area contributed by atoms with Gasteiger partial charge in [0.1, 0.15) is 0 Å². The lowest BCUT2D eigenvalue weighted by molar-refractivity contribution is -0.122. The van der Waals surface area contributed by atoms with Gasteiger partial charge in [-0.25, -0.2) is 0 Å². The summed E-state index contributed by atoms with van der Waals surface area (Å²) in [5.41, 5.74) is 4.51. The van der Waals surface area contributed by atoms with Gasteiger partial charge in [0.25, 0.3) is 0 Å². The van der Waals surface area contributed by atoms with Crippen molar-refractivity contribution in [1.82, 2.24) is 24.9 Å². The Hall–Kier alpha value is -2.11. The van der Waals surface area contributed by atoms with Crippen molar-refractivity contribution in [3.8, 4) is 0 Å². The van der Waals surface area contributed by atoms with E-state index in [1.165, 1.54) is 11.3 Å². The standard InChI is InChI=1S/C16H23N5O/c1-11-9-12(2)21(19-11)8-7-16(22)18-14-5-4-6-15-13(14)10-17-20(15)3/h9-10,14H,4-8H2,1-3H3,(H,18,22)/t14-/m1/s1. The molecule has 2 aromatic rings. The zero-order valence-electron chi connectivity index (χ0n) is 13.5. The summed E-state index contributed by atoms with van der Waals surface area (Å²) in [6.07, 6.45) is 5.47. The maximum absolute atomic E-state index is 12.2. The lowest BCUT2D eigenvalue weighted by Crippen LogP contribution is -2.31. The molecule has 22 heavy (non-hydrogen) atoms. The minimum atomic E-state index is 0.0780. The molecule has 0 saturated carbocycles. The fourth-order valence-electron chi connectivity index (χ4n) is 3.23. The van der Waals surface area contributed by atoms with Crippen molar-refractivity contribution in [3.63, 3.8) is 0 Å². The normalized spacial score (nSPS) is 17.3.